The van der Waals surface area contributed by atoms with Crippen LogP contribution >= 0.6 is 0 Å². The van der Waals surface area contributed by atoms with Crippen LogP contribution in [-0.4, -0.2) is 46.7 Å². The zero-order valence-electron chi connectivity index (χ0n) is 12.0. The highest BCUT2D eigenvalue weighted by atomic mass is 16.5. The normalized spacial score (nSPS) is 13.8. The van der Waals surface area contributed by atoms with E-state index >= 15 is 0 Å². The summed E-state index contributed by atoms with van der Waals surface area (Å²) < 4.78 is 21.7. The molecule has 0 fully saturated rings. The van der Waals surface area contributed by atoms with Crippen LogP contribution < -0.4 is 14.8 Å². The third-order valence-corrected chi connectivity index (χ3v) is 2.96. The Hall–Kier alpha value is -1.46. The minimum atomic E-state index is 0.679. The number of methoxy groups -OCH3 is 1. The molecule has 1 aromatic rings. The van der Waals surface area contributed by atoms with Crippen LogP contribution in [0.2, 0.25) is 0 Å². The Morgan fingerprint density at radius 3 is 2.80 bits per heavy atom. The molecule has 1 aliphatic heterocycles. The second-order valence-corrected chi connectivity index (χ2v) is 4.60. The largest absolute Gasteiger partial charge is 0.490 e. The standard InChI is InChI=1S/C15H23NO4/c1-17-7-2-8-18-11-6-16-13-4-5-14-15(12-13)20-10-3-9-19-14/h4-5,12,16H,2-3,6-11H2,1H3. The van der Waals surface area contributed by atoms with E-state index in [1.165, 1.54) is 0 Å². The number of ether oxygens (including phenoxy) is 4. The summed E-state index contributed by atoms with van der Waals surface area (Å²) in [5.41, 5.74) is 1.02. The van der Waals surface area contributed by atoms with Crippen LogP contribution in [0.5, 0.6) is 11.5 Å². The summed E-state index contributed by atoms with van der Waals surface area (Å²) in [5, 5.41) is 3.31. The molecule has 1 aromatic carbocycles. The average molecular weight is 281 g/mol. The van der Waals surface area contributed by atoms with Crippen LogP contribution in [0.25, 0.3) is 0 Å². The number of rotatable bonds is 8. The van der Waals surface area contributed by atoms with Crippen molar-refractivity contribution in [2.24, 2.45) is 0 Å². The van der Waals surface area contributed by atoms with Gasteiger partial charge in [0.15, 0.2) is 11.5 Å². The molecule has 0 spiro atoms. The molecule has 0 radical (unpaired) electrons. The molecular weight excluding hydrogens is 258 g/mol. The fourth-order valence-electron chi connectivity index (χ4n) is 1.95. The summed E-state index contributed by atoms with van der Waals surface area (Å²) in [6.45, 7) is 4.35. The molecule has 5 nitrogen and oxygen atoms in total. The highest BCUT2D eigenvalue weighted by molar-refractivity contribution is 5.54. The second kappa shape index (κ2) is 8.66. The van der Waals surface area contributed by atoms with E-state index in [2.05, 4.69) is 5.32 Å². The Balaban J connectivity index is 1.69. The van der Waals surface area contributed by atoms with Gasteiger partial charge >= 0.3 is 0 Å². The maximum absolute atomic E-state index is 5.65. The molecule has 0 aromatic heterocycles. The lowest BCUT2D eigenvalue weighted by Gasteiger charge is -2.11. The molecule has 1 heterocycles. The Morgan fingerprint density at radius 1 is 1.10 bits per heavy atom. The van der Waals surface area contributed by atoms with Crippen molar-refractivity contribution in [2.45, 2.75) is 12.8 Å². The molecule has 0 saturated carbocycles. The van der Waals surface area contributed by atoms with Crippen LogP contribution in [0.4, 0.5) is 5.69 Å². The predicted molar refractivity (Wildman–Crippen MR) is 77.9 cm³/mol. The van der Waals surface area contributed by atoms with E-state index in [-0.39, 0.29) is 0 Å². The number of nitrogens with one attached hydrogen (secondary N) is 1. The molecule has 2 rings (SSSR count). The highest BCUT2D eigenvalue weighted by Gasteiger charge is 2.10. The van der Waals surface area contributed by atoms with Gasteiger partial charge in [-0.05, 0) is 18.6 Å². The van der Waals surface area contributed by atoms with E-state index < -0.39 is 0 Å². The van der Waals surface area contributed by atoms with Crippen LogP contribution in [0, 0.1) is 0 Å². The summed E-state index contributed by atoms with van der Waals surface area (Å²) in [5.74, 6) is 1.64. The molecule has 112 valence electrons. The molecule has 1 N–H and O–H groups in total. The Labute approximate surface area is 120 Å². The number of hydrogen-bond donors (Lipinski definition) is 1. The van der Waals surface area contributed by atoms with E-state index in [9.17, 15) is 0 Å². The third-order valence-electron chi connectivity index (χ3n) is 2.96. The lowest BCUT2D eigenvalue weighted by Crippen LogP contribution is -2.10. The molecule has 0 unspecified atom stereocenters. The first-order valence-corrected chi connectivity index (χ1v) is 7.10. The molecule has 1 aliphatic rings. The first-order chi connectivity index (χ1) is 9.90. The molecule has 0 atom stereocenters. The first-order valence-electron chi connectivity index (χ1n) is 7.10. The van der Waals surface area contributed by atoms with Crippen LogP contribution in [0.1, 0.15) is 12.8 Å². The van der Waals surface area contributed by atoms with E-state index in [0.717, 1.165) is 56.4 Å². The van der Waals surface area contributed by atoms with Gasteiger partial charge in [0, 0.05) is 45.0 Å². The Morgan fingerprint density at radius 2 is 1.95 bits per heavy atom. The average Bonchev–Trinajstić information content (AvgIpc) is 2.71. The van der Waals surface area contributed by atoms with Gasteiger partial charge in [-0.3, -0.25) is 0 Å². The Bertz CT molecular complexity index is 397. The fraction of sp³-hybridized carbons (Fsp3) is 0.600. The minimum Gasteiger partial charge on any atom is -0.490 e. The third kappa shape index (κ3) is 4.90. The zero-order chi connectivity index (χ0) is 14.0. The monoisotopic (exact) mass is 281 g/mol. The predicted octanol–water partition coefficient (Wildman–Crippen LogP) is 2.31. The van der Waals surface area contributed by atoms with E-state index in [4.69, 9.17) is 18.9 Å². The minimum absolute atomic E-state index is 0.679. The van der Waals surface area contributed by atoms with Crippen molar-refractivity contribution in [2.75, 3.05) is 52.0 Å². The number of hydrogen-bond acceptors (Lipinski definition) is 5. The van der Waals surface area contributed by atoms with Crippen LogP contribution in [-0.2, 0) is 9.47 Å². The highest BCUT2D eigenvalue weighted by Crippen LogP contribution is 2.32. The van der Waals surface area contributed by atoms with Gasteiger partial charge in [0.05, 0.1) is 19.8 Å². The van der Waals surface area contributed by atoms with Crippen molar-refractivity contribution in [3.8, 4) is 11.5 Å². The van der Waals surface area contributed by atoms with Gasteiger partial charge in [-0.25, -0.2) is 0 Å². The van der Waals surface area contributed by atoms with Gasteiger partial charge in [-0.15, -0.1) is 0 Å². The number of fused-ring (bicyclic) bond motifs is 1. The molecule has 0 bridgehead atoms. The van der Waals surface area contributed by atoms with Crippen molar-refractivity contribution in [3.05, 3.63) is 18.2 Å². The van der Waals surface area contributed by atoms with Gasteiger partial charge in [0.1, 0.15) is 0 Å². The summed E-state index contributed by atoms with van der Waals surface area (Å²) >= 11 is 0. The second-order valence-electron chi connectivity index (χ2n) is 4.60. The molecule has 0 amide bonds. The number of anilines is 1. The van der Waals surface area contributed by atoms with Crippen LogP contribution in [0.15, 0.2) is 18.2 Å². The van der Waals surface area contributed by atoms with Crippen molar-refractivity contribution < 1.29 is 18.9 Å². The van der Waals surface area contributed by atoms with Gasteiger partial charge < -0.3 is 24.3 Å². The van der Waals surface area contributed by atoms with Crippen molar-refractivity contribution in [3.63, 3.8) is 0 Å². The molecule has 20 heavy (non-hydrogen) atoms. The maximum Gasteiger partial charge on any atom is 0.163 e. The van der Waals surface area contributed by atoms with E-state index in [0.29, 0.717) is 13.2 Å². The molecule has 5 heteroatoms. The van der Waals surface area contributed by atoms with Crippen molar-refractivity contribution >= 4 is 5.69 Å². The van der Waals surface area contributed by atoms with E-state index in [1.54, 1.807) is 7.11 Å². The van der Waals surface area contributed by atoms with Crippen LogP contribution in [0.3, 0.4) is 0 Å². The van der Waals surface area contributed by atoms with Gasteiger partial charge in [-0.2, -0.15) is 0 Å². The lowest BCUT2D eigenvalue weighted by molar-refractivity contribution is 0.109. The quantitative estimate of drug-likeness (QED) is 0.741. The zero-order valence-corrected chi connectivity index (χ0v) is 12.0. The molecular formula is C15H23NO4. The topological polar surface area (TPSA) is 49.0 Å². The SMILES string of the molecule is COCCCOCCNc1ccc2c(c1)OCCCO2. The summed E-state index contributed by atoms with van der Waals surface area (Å²) in [7, 11) is 1.70. The van der Waals surface area contributed by atoms with Gasteiger partial charge in [0.25, 0.3) is 0 Å². The Kier molecular flexibility index (Phi) is 6.47. The summed E-state index contributed by atoms with van der Waals surface area (Å²) in [6.07, 6.45) is 1.85. The molecule has 0 saturated heterocycles. The maximum atomic E-state index is 5.65. The van der Waals surface area contributed by atoms with E-state index in [1.807, 2.05) is 18.2 Å². The van der Waals surface area contributed by atoms with Crippen molar-refractivity contribution in [1.29, 1.82) is 0 Å². The summed E-state index contributed by atoms with van der Waals surface area (Å²) in [6, 6.07) is 5.92. The van der Waals surface area contributed by atoms with Crippen molar-refractivity contribution in [1.82, 2.24) is 0 Å². The number of benzene rings is 1. The van der Waals surface area contributed by atoms with Gasteiger partial charge in [-0.1, -0.05) is 0 Å². The summed E-state index contributed by atoms with van der Waals surface area (Å²) in [4.78, 5) is 0. The fourth-order valence-corrected chi connectivity index (χ4v) is 1.95. The lowest BCUT2D eigenvalue weighted by atomic mass is 10.2. The molecule has 0 aliphatic carbocycles. The van der Waals surface area contributed by atoms with Gasteiger partial charge in [0.2, 0.25) is 0 Å². The first kappa shape index (κ1) is 14.9. The smallest absolute Gasteiger partial charge is 0.163 e.